The molecule has 0 unspecified atom stereocenters. The number of nitrogens with zero attached hydrogens (tertiary/aromatic N) is 4. The van der Waals surface area contributed by atoms with E-state index >= 15 is 0 Å². The highest BCUT2D eigenvalue weighted by Crippen LogP contribution is 2.35. The quantitative estimate of drug-likeness (QED) is 0.546. The first-order chi connectivity index (χ1) is 14.3. The summed E-state index contributed by atoms with van der Waals surface area (Å²) in [5.41, 5.74) is -0.782. The lowest BCUT2D eigenvalue weighted by atomic mass is 9.99. The monoisotopic (exact) mass is 436 g/mol. The van der Waals surface area contributed by atoms with Gasteiger partial charge in [0.05, 0.1) is 5.69 Å². The van der Waals surface area contributed by atoms with E-state index in [4.69, 9.17) is 11.6 Å². The van der Waals surface area contributed by atoms with Crippen molar-refractivity contribution in [3.05, 3.63) is 52.8 Å². The van der Waals surface area contributed by atoms with E-state index in [1.165, 1.54) is 0 Å². The molecule has 2 aromatic heterocycles. The van der Waals surface area contributed by atoms with Crippen LogP contribution in [0.25, 0.3) is 16.9 Å². The van der Waals surface area contributed by atoms with E-state index in [1.807, 2.05) is 6.92 Å². The van der Waals surface area contributed by atoms with E-state index in [2.05, 4.69) is 10.1 Å². The van der Waals surface area contributed by atoms with E-state index in [-0.39, 0.29) is 28.1 Å². The van der Waals surface area contributed by atoms with Crippen molar-refractivity contribution in [1.82, 2.24) is 19.5 Å². The number of amides is 1. The average molecular weight is 437 g/mol. The number of alkyl halides is 3. The maximum atomic E-state index is 13.8. The highest BCUT2D eigenvalue weighted by Gasteiger charge is 2.37. The summed E-state index contributed by atoms with van der Waals surface area (Å²) in [6.07, 6.45) is -1.21. The van der Waals surface area contributed by atoms with Crippen LogP contribution in [0.3, 0.4) is 0 Å². The molecule has 1 aromatic carbocycles. The molecule has 1 fully saturated rings. The molecule has 0 N–H and O–H groups in total. The molecule has 1 amide bonds. The van der Waals surface area contributed by atoms with Gasteiger partial charge in [0.2, 0.25) is 0 Å². The third kappa shape index (κ3) is 3.64. The van der Waals surface area contributed by atoms with Gasteiger partial charge in [0.1, 0.15) is 5.02 Å². The van der Waals surface area contributed by atoms with Crippen LogP contribution in [0, 0.1) is 0 Å². The first-order valence-corrected chi connectivity index (χ1v) is 10.2. The van der Waals surface area contributed by atoms with Gasteiger partial charge in [-0.15, -0.1) is 0 Å². The van der Waals surface area contributed by atoms with Crippen molar-refractivity contribution in [3.63, 3.8) is 0 Å². The molecule has 1 saturated heterocycles. The molecule has 158 valence electrons. The number of rotatable bonds is 3. The van der Waals surface area contributed by atoms with Crippen molar-refractivity contribution in [3.8, 4) is 11.3 Å². The topological polar surface area (TPSA) is 50.5 Å². The lowest BCUT2D eigenvalue weighted by molar-refractivity contribution is -0.142. The van der Waals surface area contributed by atoms with Gasteiger partial charge >= 0.3 is 6.18 Å². The summed E-state index contributed by atoms with van der Waals surface area (Å²) in [6, 6.07) is 9.46. The fourth-order valence-corrected chi connectivity index (χ4v) is 4.16. The molecule has 5 nitrogen and oxygen atoms in total. The normalized spacial score (nSPS) is 17.5. The minimum absolute atomic E-state index is 0.0297. The van der Waals surface area contributed by atoms with Crippen LogP contribution in [0.15, 0.2) is 36.4 Å². The summed E-state index contributed by atoms with van der Waals surface area (Å²) in [5, 5.41) is 3.81. The van der Waals surface area contributed by atoms with Crippen LogP contribution in [0.4, 0.5) is 13.2 Å². The minimum atomic E-state index is -4.70. The van der Waals surface area contributed by atoms with Gasteiger partial charge in [-0.25, -0.2) is 9.50 Å². The number of aromatic nitrogens is 3. The van der Waals surface area contributed by atoms with Crippen molar-refractivity contribution in [2.45, 2.75) is 44.8 Å². The SMILES string of the molecule is CC[C@H]1CCCCN1C(=O)c1nn2c(C(F)(F)F)cc(-c3ccccc3)nc2c1Cl. The molecular formula is C21H20ClF3N4O. The number of hydrogen-bond donors (Lipinski definition) is 0. The molecule has 30 heavy (non-hydrogen) atoms. The standard InChI is InChI=1S/C21H20ClF3N4O/c1-2-14-10-6-7-11-28(14)20(30)18-17(22)19-26-15(13-8-4-3-5-9-13)12-16(21(23,24)25)29(19)27-18/h3-5,8-9,12,14H,2,6-7,10-11H2,1H3/t14-/m0/s1. The number of likely N-dealkylation sites (tertiary alicyclic amines) is 1. The second kappa shape index (κ2) is 7.91. The fraction of sp³-hybridized carbons (Fsp3) is 0.381. The van der Waals surface area contributed by atoms with Crippen LogP contribution >= 0.6 is 11.6 Å². The molecule has 4 rings (SSSR count). The molecule has 1 atom stereocenters. The first-order valence-electron chi connectivity index (χ1n) is 9.84. The summed E-state index contributed by atoms with van der Waals surface area (Å²) >= 11 is 6.38. The molecule has 0 radical (unpaired) electrons. The molecule has 0 saturated carbocycles. The van der Waals surface area contributed by atoms with Crippen LogP contribution in [0.2, 0.25) is 5.02 Å². The van der Waals surface area contributed by atoms with E-state index in [9.17, 15) is 18.0 Å². The maximum Gasteiger partial charge on any atom is 0.433 e. The predicted octanol–water partition coefficient (Wildman–Crippen LogP) is 5.47. The first kappa shape index (κ1) is 20.7. The van der Waals surface area contributed by atoms with Crippen LogP contribution in [0.5, 0.6) is 0 Å². The lowest BCUT2D eigenvalue weighted by Gasteiger charge is -2.34. The Morgan fingerprint density at radius 1 is 1.23 bits per heavy atom. The van der Waals surface area contributed by atoms with Crippen molar-refractivity contribution in [2.75, 3.05) is 6.54 Å². The third-order valence-corrected chi connectivity index (χ3v) is 5.80. The lowest BCUT2D eigenvalue weighted by Crippen LogP contribution is -2.43. The van der Waals surface area contributed by atoms with Crippen LogP contribution < -0.4 is 0 Å². The van der Waals surface area contributed by atoms with Gasteiger partial charge in [0.25, 0.3) is 5.91 Å². The Kier molecular flexibility index (Phi) is 5.44. The largest absolute Gasteiger partial charge is 0.433 e. The smallest absolute Gasteiger partial charge is 0.334 e. The second-order valence-corrected chi connectivity index (χ2v) is 7.72. The van der Waals surface area contributed by atoms with E-state index < -0.39 is 17.8 Å². The molecule has 1 aliphatic heterocycles. The highest BCUT2D eigenvalue weighted by atomic mass is 35.5. The van der Waals surface area contributed by atoms with Crippen molar-refractivity contribution in [2.24, 2.45) is 0 Å². The zero-order valence-electron chi connectivity index (χ0n) is 16.3. The molecular weight excluding hydrogens is 417 g/mol. The number of halogens is 4. The van der Waals surface area contributed by atoms with Gasteiger partial charge in [0.15, 0.2) is 17.0 Å². The number of benzene rings is 1. The number of fused-ring (bicyclic) bond motifs is 1. The maximum absolute atomic E-state index is 13.8. The van der Waals surface area contributed by atoms with Gasteiger partial charge in [-0.1, -0.05) is 48.9 Å². The zero-order chi connectivity index (χ0) is 21.5. The van der Waals surface area contributed by atoms with Gasteiger partial charge < -0.3 is 4.90 Å². The Labute approximate surface area is 176 Å². The molecule has 0 aliphatic carbocycles. The second-order valence-electron chi connectivity index (χ2n) is 7.34. The minimum Gasteiger partial charge on any atom is -0.334 e. The Hall–Kier alpha value is -2.61. The third-order valence-electron chi connectivity index (χ3n) is 5.45. The molecule has 0 spiro atoms. The summed E-state index contributed by atoms with van der Waals surface area (Å²) in [4.78, 5) is 19.1. The Morgan fingerprint density at radius 2 is 1.97 bits per heavy atom. The van der Waals surface area contributed by atoms with E-state index in [1.54, 1.807) is 35.2 Å². The highest BCUT2D eigenvalue weighted by molar-refractivity contribution is 6.36. The van der Waals surface area contributed by atoms with Crippen molar-refractivity contribution in [1.29, 1.82) is 0 Å². The number of carbonyl (C=O) groups excluding carboxylic acids is 1. The van der Waals surface area contributed by atoms with Crippen LogP contribution in [-0.4, -0.2) is 38.0 Å². The summed E-state index contributed by atoms with van der Waals surface area (Å²) in [6.45, 7) is 2.52. The summed E-state index contributed by atoms with van der Waals surface area (Å²) < 4.78 is 42.0. The van der Waals surface area contributed by atoms with Gasteiger partial charge in [0, 0.05) is 18.2 Å². The van der Waals surface area contributed by atoms with Gasteiger partial charge in [-0.05, 0) is 31.7 Å². The Balaban J connectivity index is 1.87. The Bertz CT molecular complexity index is 1080. The van der Waals surface area contributed by atoms with Crippen LogP contribution in [-0.2, 0) is 6.18 Å². The van der Waals surface area contributed by atoms with Crippen LogP contribution in [0.1, 0.15) is 48.8 Å². The van der Waals surface area contributed by atoms with Gasteiger partial charge in [-0.2, -0.15) is 18.3 Å². The van der Waals surface area contributed by atoms with Crippen molar-refractivity contribution >= 4 is 23.2 Å². The Morgan fingerprint density at radius 3 is 2.63 bits per heavy atom. The fourth-order valence-electron chi connectivity index (χ4n) is 3.92. The van der Waals surface area contributed by atoms with E-state index in [0.29, 0.717) is 16.6 Å². The predicted molar refractivity (Wildman–Crippen MR) is 107 cm³/mol. The molecule has 9 heteroatoms. The number of hydrogen-bond acceptors (Lipinski definition) is 3. The van der Waals surface area contributed by atoms with Gasteiger partial charge in [-0.3, -0.25) is 4.79 Å². The molecule has 1 aliphatic rings. The molecule has 3 aromatic rings. The van der Waals surface area contributed by atoms with Crippen molar-refractivity contribution < 1.29 is 18.0 Å². The van der Waals surface area contributed by atoms with E-state index in [0.717, 1.165) is 31.7 Å². The zero-order valence-corrected chi connectivity index (χ0v) is 17.0. The molecule has 3 heterocycles. The average Bonchev–Trinajstić information content (AvgIpc) is 3.09. The number of piperidine rings is 1. The summed E-state index contributed by atoms with van der Waals surface area (Å²) in [5.74, 6) is -0.452. The number of carbonyl (C=O) groups is 1. The molecule has 0 bridgehead atoms. The summed E-state index contributed by atoms with van der Waals surface area (Å²) in [7, 11) is 0.